The zero-order valence-electron chi connectivity index (χ0n) is 11.5. The smallest absolute Gasteiger partial charge is 0.263 e. The Balaban J connectivity index is 2.44. The predicted octanol–water partition coefficient (Wildman–Crippen LogP) is 3.02. The largest absolute Gasteiger partial charge is 0.497 e. The average molecular weight is 278 g/mol. The Hall–Kier alpha value is -1.75. The molecule has 102 valence electrons. The molecule has 0 atom stereocenters. The van der Waals surface area contributed by atoms with Crippen LogP contribution in [0.25, 0.3) is 10.1 Å². The number of nitrogens with one attached hydrogen (secondary N) is 1. The van der Waals surface area contributed by atoms with Crippen LogP contribution < -0.4 is 15.8 Å². The number of nitrogens with two attached hydrogens (primary N) is 1. The van der Waals surface area contributed by atoms with Crippen molar-refractivity contribution < 1.29 is 9.53 Å². The van der Waals surface area contributed by atoms with Crippen molar-refractivity contribution in [2.75, 3.05) is 12.8 Å². The predicted molar refractivity (Wildman–Crippen MR) is 80.0 cm³/mol. The first-order chi connectivity index (χ1) is 8.81. The van der Waals surface area contributed by atoms with Gasteiger partial charge < -0.3 is 15.8 Å². The molecule has 3 N–H and O–H groups in total. The number of anilines is 1. The minimum atomic E-state index is -0.280. The van der Waals surface area contributed by atoms with Gasteiger partial charge in [0.2, 0.25) is 0 Å². The van der Waals surface area contributed by atoms with Crippen molar-refractivity contribution in [1.29, 1.82) is 0 Å². The zero-order chi connectivity index (χ0) is 14.2. The second-order valence-electron chi connectivity index (χ2n) is 5.41. The minimum absolute atomic E-state index is 0.134. The molecule has 0 fully saturated rings. The third kappa shape index (κ3) is 2.81. The number of amides is 1. The van der Waals surface area contributed by atoms with Gasteiger partial charge in [0.25, 0.3) is 5.91 Å². The first-order valence-corrected chi connectivity index (χ1v) is 6.82. The van der Waals surface area contributed by atoms with Crippen LogP contribution in [0.3, 0.4) is 0 Å². The molecule has 1 amide bonds. The van der Waals surface area contributed by atoms with Gasteiger partial charge in [-0.05, 0) is 39.0 Å². The Morgan fingerprint density at radius 3 is 2.63 bits per heavy atom. The van der Waals surface area contributed by atoms with Gasteiger partial charge in [-0.1, -0.05) is 0 Å². The van der Waals surface area contributed by atoms with E-state index in [4.69, 9.17) is 10.5 Å². The number of fused-ring (bicyclic) bond motifs is 1. The van der Waals surface area contributed by atoms with Gasteiger partial charge in [-0.25, -0.2) is 0 Å². The van der Waals surface area contributed by atoms with Gasteiger partial charge in [-0.15, -0.1) is 11.3 Å². The number of ether oxygens (including phenoxy) is 1. The summed E-state index contributed by atoms with van der Waals surface area (Å²) in [7, 11) is 1.62. The Bertz CT molecular complexity index is 626. The molecule has 0 aliphatic carbocycles. The van der Waals surface area contributed by atoms with Gasteiger partial charge in [0.1, 0.15) is 10.6 Å². The second kappa shape index (κ2) is 4.74. The normalized spacial score (nSPS) is 11.6. The number of nitrogen functional groups attached to an aromatic ring is 1. The summed E-state index contributed by atoms with van der Waals surface area (Å²) in [5.74, 6) is 0.627. The molecular weight excluding hydrogens is 260 g/mol. The lowest BCUT2D eigenvalue weighted by atomic mass is 10.1. The van der Waals surface area contributed by atoms with Crippen molar-refractivity contribution in [3.63, 3.8) is 0 Å². The quantitative estimate of drug-likeness (QED) is 0.887. The fourth-order valence-electron chi connectivity index (χ4n) is 1.79. The maximum atomic E-state index is 12.2. The molecule has 0 unspecified atom stereocenters. The van der Waals surface area contributed by atoms with E-state index >= 15 is 0 Å². The highest BCUT2D eigenvalue weighted by molar-refractivity contribution is 7.21. The minimum Gasteiger partial charge on any atom is -0.497 e. The highest BCUT2D eigenvalue weighted by Crippen LogP contribution is 2.35. The van der Waals surface area contributed by atoms with Crippen LogP contribution in [0.4, 0.5) is 5.69 Å². The van der Waals surface area contributed by atoms with Gasteiger partial charge in [0.15, 0.2) is 0 Å². The van der Waals surface area contributed by atoms with Gasteiger partial charge in [0, 0.05) is 15.6 Å². The number of carbonyl (C=O) groups excluding carboxylic acids is 1. The van der Waals surface area contributed by atoms with Crippen LogP contribution in [0.2, 0.25) is 0 Å². The van der Waals surface area contributed by atoms with Crippen LogP contribution in [0, 0.1) is 0 Å². The van der Waals surface area contributed by atoms with Crippen LogP contribution in [0.5, 0.6) is 5.75 Å². The fraction of sp³-hybridized carbons (Fsp3) is 0.357. The number of methoxy groups -OCH3 is 1. The van der Waals surface area contributed by atoms with Crippen molar-refractivity contribution in [2.24, 2.45) is 0 Å². The van der Waals surface area contributed by atoms with Crippen molar-refractivity contribution in [1.82, 2.24) is 5.32 Å². The maximum Gasteiger partial charge on any atom is 0.263 e. The lowest BCUT2D eigenvalue weighted by molar-refractivity contribution is 0.0924. The summed E-state index contributed by atoms with van der Waals surface area (Å²) in [6.07, 6.45) is 0. The van der Waals surface area contributed by atoms with E-state index in [9.17, 15) is 4.79 Å². The summed E-state index contributed by atoms with van der Waals surface area (Å²) in [4.78, 5) is 12.7. The second-order valence-corrected chi connectivity index (χ2v) is 6.46. The van der Waals surface area contributed by atoms with E-state index in [1.807, 2.05) is 39.0 Å². The molecule has 1 heterocycles. The molecule has 19 heavy (non-hydrogen) atoms. The van der Waals surface area contributed by atoms with Gasteiger partial charge in [-0.3, -0.25) is 4.79 Å². The molecule has 0 aliphatic heterocycles. The highest BCUT2D eigenvalue weighted by Gasteiger charge is 2.20. The van der Waals surface area contributed by atoms with Crippen molar-refractivity contribution in [3.05, 3.63) is 23.1 Å². The number of carbonyl (C=O) groups is 1. The standard InChI is InChI=1S/C14H18N2O2S/c1-14(2,3)16-13(17)12-11(15)9-6-5-8(18-4)7-10(9)19-12/h5-7H,15H2,1-4H3,(H,16,17). The lowest BCUT2D eigenvalue weighted by Gasteiger charge is -2.20. The Morgan fingerprint density at radius 1 is 1.37 bits per heavy atom. The fourth-order valence-corrected chi connectivity index (χ4v) is 2.84. The van der Waals surface area contributed by atoms with E-state index in [0.717, 1.165) is 15.8 Å². The summed E-state index contributed by atoms with van der Waals surface area (Å²) in [5, 5.41) is 3.82. The summed E-state index contributed by atoms with van der Waals surface area (Å²) >= 11 is 1.39. The molecular formula is C14H18N2O2S. The summed E-state index contributed by atoms with van der Waals surface area (Å²) in [5.41, 5.74) is 6.31. The van der Waals surface area contributed by atoms with E-state index in [0.29, 0.717) is 10.6 Å². The Kier molecular flexibility index (Phi) is 3.41. The molecule has 5 heteroatoms. The number of hydrogen-bond acceptors (Lipinski definition) is 4. The average Bonchev–Trinajstić information content (AvgIpc) is 2.64. The Labute approximate surface area is 116 Å². The van der Waals surface area contributed by atoms with Crippen LogP contribution in [0.1, 0.15) is 30.4 Å². The molecule has 1 aromatic heterocycles. The summed E-state index contributed by atoms with van der Waals surface area (Å²) in [6.45, 7) is 5.83. The van der Waals surface area contributed by atoms with Crippen LogP contribution in [-0.4, -0.2) is 18.6 Å². The zero-order valence-corrected chi connectivity index (χ0v) is 12.4. The number of thiophene rings is 1. The molecule has 4 nitrogen and oxygen atoms in total. The number of hydrogen-bond donors (Lipinski definition) is 2. The number of benzene rings is 1. The van der Waals surface area contributed by atoms with E-state index < -0.39 is 0 Å². The van der Waals surface area contributed by atoms with E-state index in [-0.39, 0.29) is 11.4 Å². The van der Waals surface area contributed by atoms with Gasteiger partial charge in [0.05, 0.1) is 12.8 Å². The number of rotatable bonds is 2. The molecule has 2 aromatic rings. The third-order valence-corrected chi connectivity index (χ3v) is 3.80. The van der Waals surface area contributed by atoms with Crippen LogP contribution >= 0.6 is 11.3 Å². The van der Waals surface area contributed by atoms with Gasteiger partial charge >= 0.3 is 0 Å². The molecule has 0 saturated carbocycles. The monoisotopic (exact) mass is 278 g/mol. The van der Waals surface area contributed by atoms with Crippen LogP contribution in [-0.2, 0) is 0 Å². The topological polar surface area (TPSA) is 64.3 Å². The van der Waals surface area contributed by atoms with E-state index in [1.165, 1.54) is 11.3 Å². The first kappa shape index (κ1) is 13.7. The van der Waals surface area contributed by atoms with E-state index in [2.05, 4.69) is 5.32 Å². The molecule has 0 saturated heterocycles. The lowest BCUT2D eigenvalue weighted by Crippen LogP contribution is -2.40. The maximum absolute atomic E-state index is 12.2. The van der Waals surface area contributed by atoms with E-state index in [1.54, 1.807) is 7.11 Å². The van der Waals surface area contributed by atoms with Gasteiger partial charge in [-0.2, -0.15) is 0 Å². The Morgan fingerprint density at radius 2 is 2.05 bits per heavy atom. The molecule has 2 rings (SSSR count). The first-order valence-electron chi connectivity index (χ1n) is 6.00. The molecule has 0 radical (unpaired) electrons. The molecule has 0 bridgehead atoms. The van der Waals surface area contributed by atoms with Crippen LogP contribution in [0.15, 0.2) is 18.2 Å². The highest BCUT2D eigenvalue weighted by atomic mass is 32.1. The molecule has 0 aliphatic rings. The summed E-state index contributed by atoms with van der Waals surface area (Å²) < 4.78 is 6.13. The molecule has 0 spiro atoms. The summed E-state index contributed by atoms with van der Waals surface area (Å²) in [6, 6.07) is 5.62. The third-order valence-electron chi connectivity index (χ3n) is 2.63. The van der Waals surface area contributed by atoms with Crippen molar-refractivity contribution in [3.8, 4) is 5.75 Å². The molecule has 1 aromatic carbocycles. The SMILES string of the molecule is COc1ccc2c(N)c(C(=O)NC(C)(C)C)sc2c1. The van der Waals surface area contributed by atoms with Crippen molar-refractivity contribution in [2.45, 2.75) is 26.3 Å². The van der Waals surface area contributed by atoms with Crippen molar-refractivity contribution >= 4 is 33.0 Å².